The lowest BCUT2D eigenvalue weighted by atomic mass is 10.3. The molecule has 0 aliphatic rings. The number of ether oxygens (including phenoxy) is 1. The van der Waals surface area contributed by atoms with Gasteiger partial charge in [-0.3, -0.25) is 5.10 Å². The molecule has 0 atom stereocenters. The number of aromatic nitrogens is 2. The van der Waals surface area contributed by atoms with Crippen LogP contribution < -0.4 is 15.4 Å². The van der Waals surface area contributed by atoms with Gasteiger partial charge in [0.2, 0.25) is 0 Å². The number of hydrogen-bond donors (Lipinski definition) is 3. The number of carbonyl (C=O) groups is 1. The van der Waals surface area contributed by atoms with Gasteiger partial charge < -0.3 is 15.4 Å². The molecule has 0 aliphatic carbocycles. The van der Waals surface area contributed by atoms with Gasteiger partial charge in [0.05, 0.1) is 24.7 Å². The Morgan fingerprint density at radius 3 is 2.94 bits per heavy atom. The molecule has 1 heterocycles. The number of nitrogens with one attached hydrogen (secondary N) is 3. The van der Waals surface area contributed by atoms with E-state index in [9.17, 15) is 4.79 Å². The summed E-state index contributed by atoms with van der Waals surface area (Å²) in [6.07, 6.45) is 3.10. The van der Waals surface area contributed by atoms with Gasteiger partial charge in [0.1, 0.15) is 5.75 Å². The number of aromatic amines is 1. The summed E-state index contributed by atoms with van der Waals surface area (Å²) in [5, 5.41) is 11.7. The highest BCUT2D eigenvalue weighted by molar-refractivity contribution is 9.10. The molecule has 7 heteroatoms. The van der Waals surface area contributed by atoms with E-state index in [1.165, 1.54) is 6.20 Å². The van der Waals surface area contributed by atoms with E-state index < -0.39 is 0 Å². The van der Waals surface area contributed by atoms with Crippen LogP contribution in [0.3, 0.4) is 0 Å². The van der Waals surface area contributed by atoms with E-state index in [4.69, 9.17) is 4.74 Å². The average Bonchev–Trinajstić information content (AvgIpc) is 2.84. The molecule has 0 unspecified atom stereocenters. The molecule has 18 heavy (non-hydrogen) atoms. The number of rotatable bonds is 3. The number of hydrogen-bond acceptors (Lipinski definition) is 3. The van der Waals surface area contributed by atoms with Crippen LogP contribution in [0.15, 0.2) is 35.1 Å². The number of carbonyl (C=O) groups excluding carboxylic acids is 1. The third kappa shape index (κ3) is 3.01. The Morgan fingerprint density at radius 2 is 2.28 bits per heavy atom. The number of anilines is 2. The molecule has 2 rings (SSSR count). The number of halogens is 1. The first-order valence-corrected chi connectivity index (χ1v) is 5.88. The van der Waals surface area contributed by atoms with Crippen molar-refractivity contribution in [3.63, 3.8) is 0 Å². The van der Waals surface area contributed by atoms with Crippen LogP contribution in [0.5, 0.6) is 5.75 Å². The number of amides is 2. The van der Waals surface area contributed by atoms with Crippen molar-refractivity contribution in [2.24, 2.45) is 0 Å². The van der Waals surface area contributed by atoms with Gasteiger partial charge in [0.25, 0.3) is 0 Å². The third-order valence-electron chi connectivity index (χ3n) is 2.18. The van der Waals surface area contributed by atoms with Crippen molar-refractivity contribution in [2.45, 2.75) is 0 Å². The quantitative estimate of drug-likeness (QED) is 0.815. The first-order valence-electron chi connectivity index (χ1n) is 5.09. The zero-order chi connectivity index (χ0) is 13.0. The Hall–Kier alpha value is -2.02. The molecule has 0 saturated carbocycles. The summed E-state index contributed by atoms with van der Waals surface area (Å²) in [6, 6.07) is 4.96. The SMILES string of the molecule is COc1ccc(Br)c(NC(=O)Nc2cn[nH]c2)c1. The van der Waals surface area contributed by atoms with E-state index >= 15 is 0 Å². The largest absolute Gasteiger partial charge is 0.497 e. The van der Waals surface area contributed by atoms with Crippen molar-refractivity contribution in [3.8, 4) is 5.75 Å². The number of urea groups is 1. The molecular formula is C11H11BrN4O2. The van der Waals surface area contributed by atoms with Crippen molar-refractivity contribution in [3.05, 3.63) is 35.1 Å². The van der Waals surface area contributed by atoms with Gasteiger partial charge in [-0.1, -0.05) is 0 Å². The Kier molecular flexibility index (Phi) is 3.83. The van der Waals surface area contributed by atoms with Crippen LogP contribution in [0.4, 0.5) is 16.2 Å². The molecule has 0 fully saturated rings. The van der Waals surface area contributed by atoms with Crippen LogP contribution in [-0.4, -0.2) is 23.3 Å². The number of H-pyrrole nitrogens is 1. The van der Waals surface area contributed by atoms with Gasteiger partial charge in [0, 0.05) is 16.7 Å². The topological polar surface area (TPSA) is 79.0 Å². The second-order valence-electron chi connectivity index (χ2n) is 3.41. The number of methoxy groups -OCH3 is 1. The highest BCUT2D eigenvalue weighted by atomic mass is 79.9. The molecule has 0 bridgehead atoms. The predicted octanol–water partition coefficient (Wildman–Crippen LogP) is 2.82. The molecule has 1 aromatic heterocycles. The van der Waals surface area contributed by atoms with E-state index in [1.54, 1.807) is 31.5 Å². The van der Waals surface area contributed by atoms with Crippen LogP contribution >= 0.6 is 15.9 Å². The van der Waals surface area contributed by atoms with E-state index in [0.29, 0.717) is 17.1 Å². The molecular weight excluding hydrogens is 300 g/mol. The zero-order valence-electron chi connectivity index (χ0n) is 9.53. The predicted molar refractivity (Wildman–Crippen MR) is 71.9 cm³/mol. The smallest absolute Gasteiger partial charge is 0.323 e. The fourth-order valence-electron chi connectivity index (χ4n) is 1.33. The van der Waals surface area contributed by atoms with Crippen molar-refractivity contribution in [1.82, 2.24) is 10.2 Å². The Balaban J connectivity index is 2.06. The van der Waals surface area contributed by atoms with E-state index in [0.717, 1.165) is 4.47 Å². The summed E-state index contributed by atoms with van der Waals surface area (Å²) in [5.74, 6) is 0.664. The van der Waals surface area contributed by atoms with Crippen LogP contribution in [0, 0.1) is 0 Å². The van der Waals surface area contributed by atoms with E-state index in [2.05, 4.69) is 36.8 Å². The maximum atomic E-state index is 11.7. The average molecular weight is 311 g/mol. The van der Waals surface area contributed by atoms with Crippen LogP contribution in [0.25, 0.3) is 0 Å². The molecule has 6 nitrogen and oxygen atoms in total. The van der Waals surface area contributed by atoms with Crippen molar-refractivity contribution >= 4 is 33.3 Å². The molecule has 0 saturated heterocycles. The van der Waals surface area contributed by atoms with Crippen LogP contribution in [0.1, 0.15) is 0 Å². The maximum Gasteiger partial charge on any atom is 0.323 e. The molecule has 0 aliphatic heterocycles. The third-order valence-corrected chi connectivity index (χ3v) is 2.87. The Labute approximate surface area is 112 Å². The van der Waals surface area contributed by atoms with E-state index in [1.807, 2.05) is 0 Å². The van der Waals surface area contributed by atoms with Crippen molar-refractivity contribution in [1.29, 1.82) is 0 Å². The van der Waals surface area contributed by atoms with Gasteiger partial charge in [-0.2, -0.15) is 5.10 Å². The van der Waals surface area contributed by atoms with Crippen LogP contribution in [0.2, 0.25) is 0 Å². The first kappa shape index (κ1) is 12.4. The van der Waals surface area contributed by atoms with Gasteiger partial charge in [-0.15, -0.1) is 0 Å². The van der Waals surface area contributed by atoms with E-state index in [-0.39, 0.29) is 6.03 Å². The summed E-state index contributed by atoms with van der Waals surface area (Å²) in [5.41, 5.74) is 1.21. The fourth-order valence-corrected chi connectivity index (χ4v) is 1.68. The van der Waals surface area contributed by atoms with Crippen LogP contribution in [-0.2, 0) is 0 Å². The monoisotopic (exact) mass is 310 g/mol. The molecule has 2 aromatic rings. The fraction of sp³-hybridized carbons (Fsp3) is 0.0909. The number of nitrogens with zero attached hydrogens (tertiary/aromatic N) is 1. The van der Waals surface area contributed by atoms with Gasteiger partial charge in [-0.25, -0.2) is 4.79 Å². The minimum atomic E-state index is -0.356. The standard InChI is InChI=1S/C11H11BrN4O2/c1-18-8-2-3-9(12)10(4-8)16-11(17)15-7-5-13-14-6-7/h2-6H,1H3,(H,13,14)(H2,15,16,17). The zero-order valence-corrected chi connectivity index (χ0v) is 11.1. The summed E-state index contributed by atoms with van der Waals surface area (Å²) in [7, 11) is 1.57. The minimum Gasteiger partial charge on any atom is -0.497 e. The van der Waals surface area contributed by atoms with Crippen molar-refractivity contribution < 1.29 is 9.53 Å². The van der Waals surface area contributed by atoms with Gasteiger partial charge >= 0.3 is 6.03 Å². The summed E-state index contributed by atoms with van der Waals surface area (Å²) >= 11 is 3.35. The molecule has 3 N–H and O–H groups in total. The molecule has 2 amide bonds. The normalized spacial score (nSPS) is 9.89. The lowest BCUT2D eigenvalue weighted by molar-refractivity contribution is 0.262. The first-order chi connectivity index (χ1) is 8.69. The molecule has 94 valence electrons. The molecule has 0 radical (unpaired) electrons. The lowest BCUT2D eigenvalue weighted by Crippen LogP contribution is -2.19. The van der Waals surface area contributed by atoms with Crippen molar-refractivity contribution in [2.75, 3.05) is 17.7 Å². The van der Waals surface area contributed by atoms with Gasteiger partial charge in [0.15, 0.2) is 0 Å². The summed E-state index contributed by atoms with van der Waals surface area (Å²) in [6.45, 7) is 0. The highest BCUT2D eigenvalue weighted by Gasteiger charge is 2.07. The summed E-state index contributed by atoms with van der Waals surface area (Å²) in [4.78, 5) is 11.7. The molecule has 1 aromatic carbocycles. The second-order valence-corrected chi connectivity index (χ2v) is 4.27. The minimum absolute atomic E-state index is 0.356. The summed E-state index contributed by atoms with van der Waals surface area (Å²) < 4.78 is 5.86. The van der Waals surface area contributed by atoms with Gasteiger partial charge in [-0.05, 0) is 28.1 Å². The Bertz CT molecular complexity index is 542. The molecule has 0 spiro atoms. The lowest BCUT2D eigenvalue weighted by Gasteiger charge is -2.09. The Morgan fingerprint density at radius 1 is 1.44 bits per heavy atom. The highest BCUT2D eigenvalue weighted by Crippen LogP contribution is 2.27. The maximum absolute atomic E-state index is 11.7. The number of benzene rings is 1. The second kappa shape index (κ2) is 5.54.